The van der Waals surface area contributed by atoms with E-state index < -0.39 is 6.10 Å². The third kappa shape index (κ3) is 3.84. The molecule has 0 saturated carbocycles. The van der Waals surface area contributed by atoms with Gasteiger partial charge in [0.15, 0.2) is 11.5 Å². The summed E-state index contributed by atoms with van der Waals surface area (Å²) in [5.41, 5.74) is 0.126. The predicted molar refractivity (Wildman–Crippen MR) is 86.8 cm³/mol. The number of halogens is 1. The number of carbonyl (C=O) groups excluding carboxylic acids is 1. The maximum atomic E-state index is 12.3. The molecule has 1 aromatic carbocycles. The molecule has 2 unspecified atom stereocenters. The summed E-state index contributed by atoms with van der Waals surface area (Å²) in [6.07, 6.45) is 1.72. The highest BCUT2D eigenvalue weighted by Gasteiger charge is 2.31. The fourth-order valence-corrected chi connectivity index (χ4v) is 2.83. The number of amides is 1. The van der Waals surface area contributed by atoms with E-state index in [1.165, 1.54) is 0 Å². The highest BCUT2D eigenvalue weighted by atomic mass is 35.5. The lowest BCUT2D eigenvalue weighted by atomic mass is 9.83. The molecule has 5 nitrogen and oxygen atoms in total. The van der Waals surface area contributed by atoms with Crippen molar-refractivity contribution in [2.45, 2.75) is 25.9 Å². The van der Waals surface area contributed by atoms with Crippen LogP contribution in [-0.2, 0) is 4.79 Å². The Labute approximate surface area is 137 Å². The van der Waals surface area contributed by atoms with Gasteiger partial charge in [-0.3, -0.25) is 4.79 Å². The van der Waals surface area contributed by atoms with E-state index in [0.29, 0.717) is 18.0 Å². The van der Waals surface area contributed by atoms with E-state index in [-0.39, 0.29) is 30.3 Å². The minimum Gasteiger partial charge on any atom is -0.485 e. The number of fused-ring (bicyclic) bond motifs is 1. The second-order valence-corrected chi connectivity index (χ2v) is 6.17. The van der Waals surface area contributed by atoms with Crippen molar-refractivity contribution in [1.29, 1.82) is 0 Å². The number of rotatable bonds is 3. The molecule has 22 heavy (non-hydrogen) atoms. The number of ether oxygens (including phenoxy) is 2. The molecule has 0 spiro atoms. The van der Waals surface area contributed by atoms with E-state index in [1.807, 2.05) is 24.3 Å². The monoisotopic (exact) mass is 326 g/mol. The zero-order valence-corrected chi connectivity index (χ0v) is 13.6. The van der Waals surface area contributed by atoms with E-state index in [9.17, 15) is 4.79 Å². The summed E-state index contributed by atoms with van der Waals surface area (Å²) >= 11 is 0. The van der Waals surface area contributed by atoms with Crippen molar-refractivity contribution < 1.29 is 14.3 Å². The smallest absolute Gasteiger partial charge is 0.264 e. The van der Waals surface area contributed by atoms with Crippen LogP contribution in [0, 0.1) is 5.41 Å². The summed E-state index contributed by atoms with van der Waals surface area (Å²) in [6.45, 7) is 5.14. The van der Waals surface area contributed by atoms with Gasteiger partial charge in [-0.05, 0) is 36.9 Å². The van der Waals surface area contributed by atoms with Gasteiger partial charge in [0.1, 0.15) is 6.61 Å². The fourth-order valence-electron chi connectivity index (χ4n) is 2.83. The Morgan fingerprint density at radius 3 is 2.91 bits per heavy atom. The lowest BCUT2D eigenvalue weighted by molar-refractivity contribution is -0.130. The van der Waals surface area contributed by atoms with Gasteiger partial charge in [-0.1, -0.05) is 19.1 Å². The van der Waals surface area contributed by atoms with Crippen molar-refractivity contribution in [2.75, 3.05) is 26.2 Å². The third-order valence-electron chi connectivity index (χ3n) is 4.18. The zero-order valence-electron chi connectivity index (χ0n) is 12.8. The number of carbonyl (C=O) groups is 1. The van der Waals surface area contributed by atoms with Gasteiger partial charge < -0.3 is 20.1 Å². The molecule has 3 rings (SSSR count). The molecule has 2 aliphatic rings. The molecule has 2 aliphatic heterocycles. The van der Waals surface area contributed by atoms with E-state index in [2.05, 4.69) is 17.6 Å². The van der Waals surface area contributed by atoms with Crippen molar-refractivity contribution in [3.63, 3.8) is 0 Å². The first-order valence-electron chi connectivity index (χ1n) is 7.53. The van der Waals surface area contributed by atoms with Gasteiger partial charge in [-0.2, -0.15) is 0 Å². The topological polar surface area (TPSA) is 59.6 Å². The number of piperidine rings is 1. The predicted octanol–water partition coefficient (Wildman–Crippen LogP) is 1.75. The lowest BCUT2D eigenvalue weighted by Crippen LogP contribution is -2.50. The minimum atomic E-state index is -0.569. The maximum absolute atomic E-state index is 12.3. The van der Waals surface area contributed by atoms with Crippen LogP contribution in [0.4, 0.5) is 0 Å². The van der Waals surface area contributed by atoms with Crippen molar-refractivity contribution >= 4 is 18.3 Å². The van der Waals surface area contributed by atoms with Crippen LogP contribution in [-0.4, -0.2) is 38.3 Å². The number of hydrogen-bond acceptors (Lipinski definition) is 4. The number of benzene rings is 1. The van der Waals surface area contributed by atoms with Crippen LogP contribution >= 0.6 is 12.4 Å². The van der Waals surface area contributed by atoms with Crippen molar-refractivity contribution in [3.05, 3.63) is 24.3 Å². The standard InChI is InChI=1S/C16H22N2O3.ClH/c1-16(7-4-8-17-10-16)11-18-15(19)14-9-20-12-5-2-3-6-13(12)21-14;/h2-3,5-6,14,17H,4,7-11H2,1H3,(H,18,19);1H. The van der Waals surface area contributed by atoms with Crippen LogP contribution in [0.5, 0.6) is 11.5 Å². The van der Waals surface area contributed by atoms with E-state index in [1.54, 1.807) is 0 Å². The molecular formula is C16H23ClN2O3. The highest BCUT2D eigenvalue weighted by molar-refractivity contribution is 5.85. The quantitative estimate of drug-likeness (QED) is 0.888. The Morgan fingerprint density at radius 1 is 1.41 bits per heavy atom. The van der Waals surface area contributed by atoms with E-state index in [0.717, 1.165) is 25.9 Å². The molecule has 2 N–H and O–H groups in total. The van der Waals surface area contributed by atoms with Gasteiger partial charge in [0, 0.05) is 13.1 Å². The Balaban J connectivity index is 0.00000176. The third-order valence-corrected chi connectivity index (χ3v) is 4.18. The summed E-state index contributed by atoms with van der Waals surface area (Å²) in [5, 5.41) is 6.39. The number of nitrogens with one attached hydrogen (secondary N) is 2. The lowest BCUT2D eigenvalue weighted by Gasteiger charge is -2.35. The zero-order chi connectivity index (χ0) is 14.7. The van der Waals surface area contributed by atoms with Crippen LogP contribution in [0.15, 0.2) is 24.3 Å². The molecule has 122 valence electrons. The van der Waals surface area contributed by atoms with Gasteiger partial charge >= 0.3 is 0 Å². The van der Waals surface area contributed by atoms with Crippen LogP contribution < -0.4 is 20.1 Å². The van der Waals surface area contributed by atoms with E-state index in [4.69, 9.17) is 9.47 Å². The van der Waals surface area contributed by atoms with Gasteiger partial charge in [0.2, 0.25) is 6.10 Å². The summed E-state index contributed by atoms with van der Waals surface area (Å²) < 4.78 is 11.3. The molecule has 1 amide bonds. The molecular weight excluding hydrogens is 304 g/mol. The van der Waals surface area contributed by atoms with Gasteiger partial charge in [0.05, 0.1) is 0 Å². The van der Waals surface area contributed by atoms with Crippen LogP contribution in [0.1, 0.15) is 19.8 Å². The Kier molecular flexibility index (Phi) is 5.53. The first-order chi connectivity index (χ1) is 10.2. The van der Waals surface area contributed by atoms with E-state index >= 15 is 0 Å². The Morgan fingerprint density at radius 2 is 2.18 bits per heavy atom. The Bertz CT molecular complexity index is 518. The molecule has 0 aromatic heterocycles. The molecule has 0 aliphatic carbocycles. The molecule has 1 aromatic rings. The van der Waals surface area contributed by atoms with Crippen molar-refractivity contribution in [3.8, 4) is 11.5 Å². The van der Waals surface area contributed by atoms with Crippen LogP contribution in [0.25, 0.3) is 0 Å². The average Bonchev–Trinajstić information content (AvgIpc) is 2.53. The summed E-state index contributed by atoms with van der Waals surface area (Å²) in [7, 11) is 0. The van der Waals surface area contributed by atoms with Crippen molar-refractivity contribution in [2.24, 2.45) is 5.41 Å². The first kappa shape index (κ1) is 16.9. The fraction of sp³-hybridized carbons (Fsp3) is 0.562. The SMILES string of the molecule is CC1(CNC(=O)C2COc3ccccc3O2)CCCNC1.Cl. The minimum absolute atomic E-state index is 0. The molecule has 2 heterocycles. The van der Waals surface area contributed by atoms with Gasteiger partial charge in [0.25, 0.3) is 5.91 Å². The number of para-hydroxylation sites is 2. The molecule has 1 fully saturated rings. The molecule has 0 bridgehead atoms. The normalized spacial score (nSPS) is 26.7. The largest absolute Gasteiger partial charge is 0.485 e. The molecule has 2 atom stereocenters. The molecule has 0 radical (unpaired) electrons. The average molecular weight is 327 g/mol. The summed E-state index contributed by atoms with van der Waals surface area (Å²) in [5.74, 6) is 1.23. The summed E-state index contributed by atoms with van der Waals surface area (Å²) in [6, 6.07) is 7.43. The van der Waals surface area contributed by atoms with Gasteiger partial charge in [-0.25, -0.2) is 0 Å². The van der Waals surface area contributed by atoms with Gasteiger partial charge in [-0.15, -0.1) is 12.4 Å². The molecule has 6 heteroatoms. The highest BCUT2D eigenvalue weighted by Crippen LogP contribution is 2.31. The maximum Gasteiger partial charge on any atom is 0.264 e. The van der Waals surface area contributed by atoms with Crippen LogP contribution in [0.3, 0.4) is 0 Å². The number of hydrogen-bond donors (Lipinski definition) is 2. The van der Waals surface area contributed by atoms with Crippen LogP contribution in [0.2, 0.25) is 0 Å². The summed E-state index contributed by atoms with van der Waals surface area (Å²) in [4.78, 5) is 12.3. The second-order valence-electron chi connectivity index (χ2n) is 6.17. The first-order valence-corrected chi connectivity index (χ1v) is 7.53. The Hall–Kier alpha value is -1.46. The second kappa shape index (κ2) is 7.20. The van der Waals surface area contributed by atoms with Crippen molar-refractivity contribution in [1.82, 2.24) is 10.6 Å². The molecule has 1 saturated heterocycles.